The summed E-state index contributed by atoms with van der Waals surface area (Å²) >= 11 is 38.3. The Morgan fingerprint density at radius 2 is 0.755 bits per heavy atom. The lowest BCUT2D eigenvalue weighted by Crippen LogP contribution is -2.61. The number of carbonyl (C=O) groups excluding carboxylic acids is 4. The zero-order chi connectivity index (χ0) is 108. The molecule has 0 radical (unpaired) electrons. The van der Waals surface area contributed by atoms with Gasteiger partial charge in [0.2, 0.25) is 11.5 Å². The molecule has 33 heteroatoms. The molecule has 798 valence electrons. The van der Waals surface area contributed by atoms with E-state index < -0.39 is 33.5 Å². The van der Waals surface area contributed by atoms with Crippen molar-refractivity contribution >= 4 is 92.7 Å². The lowest BCUT2D eigenvalue weighted by atomic mass is 9.49. The van der Waals surface area contributed by atoms with Gasteiger partial charge in [0.25, 0.3) is 6.04 Å². The molecule has 8 aromatic heterocycles. The number of aliphatic hydroxyl groups excluding tert-OH is 1. The molecule has 27 nitrogen and oxygen atoms in total. The van der Waals surface area contributed by atoms with Crippen LogP contribution in [0, 0.1) is 87.1 Å². The summed E-state index contributed by atoms with van der Waals surface area (Å²) in [5.41, 5.74) is 15.6. The van der Waals surface area contributed by atoms with Gasteiger partial charge in [0.05, 0.1) is 85.3 Å². The van der Waals surface area contributed by atoms with Crippen LogP contribution in [0.15, 0.2) is 40.5 Å². The van der Waals surface area contributed by atoms with Crippen molar-refractivity contribution in [3.63, 3.8) is 0 Å². The highest BCUT2D eigenvalue weighted by Gasteiger charge is 2.69. The first-order valence-electron chi connectivity index (χ1n) is 53.9. The van der Waals surface area contributed by atoms with E-state index in [4.69, 9.17) is 123 Å². The number of aliphatic hydroxyl groups is 1. The van der Waals surface area contributed by atoms with Gasteiger partial charge >= 0.3 is 0 Å². The molecule has 16 aliphatic rings. The molecule has 14 aliphatic carbocycles. The van der Waals surface area contributed by atoms with E-state index in [1.807, 2.05) is 117 Å². The SMILES string of the molecule is Cn1cc2c(n1)[C@@]1(C)CCC3(OCCO3)C(C)(C)[C@@H]1CC2.Cn1nc2c(c1Cl)CC[C@H]1C(C)(C)C(=O)/C(=C\O)C[C@]21C.Cn1nc2c(c1Cl)CC[C@H]1C(C)(C)C(=O)CC[C@]21C.Cn1nc2c(c1Cl)CC[C@H]1C(C)(C)C3(CC[C@]21C)OCCO3.Cn1nc2c(c1Cl)CC[C@H]1C(C)(C)c3oncc3C[C@]21C.[3H]C.[C-]#[N+]C1=C[C@]2(C)c3nn(C)c(Cl)c3CC[C@H]2C(C)(C)C1=O.[C-]#[N+]C1C[C@]2(C)c3nn(C)c(Cl)c3CC[C@H]2C(C)(C)C1=O. The van der Waals surface area contributed by atoms with Crippen molar-refractivity contribution in [3.8, 4) is 0 Å². The van der Waals surface area contributed by atoms with Gasteiger partial charge in [0, 0.05) is 203 Å². The minimum Gasteiger partial charge on any atom is -0.515 e. The predicted molar refractivity (Wildman–Crippen MR) is 571 cm³/mol. The van der Waals surface area contributed by atoms with Gasteiger partial charge in [-0.05, 0) is 169 Å². The zero-order valence-electron chi connectivity index (χ0n) is 93.0. The first-order chi connectivity index (χ1) is 69.0. The van der Waals surface area contributed by atoms with E-state index in [9.17, 15) is 24.3 Å². The average molecular weight is 2140 g/mol. The maximum Gasteiger partial charge on any atom is 0.282 e. The lowest BCUT2D eigenvalue weighted by molar-refractivity contribution is -0.276. The molecule has 0 aromatic carbocycles. The van der Waals surface area contributed by atoms with Crippen LogP contribution in [0.2, 0.25) is 30.9 Å². The number of fused-ring (bicyclic) bond motifs is 22. The summed E-state index contributed by atoms with van der Waals surface area (Å²) in [6, 6.07) is -0.562. The van der Waals surface area contributed by atoms with E-state index >= 15 is 0 Å². The number of ether oxygens (including phenoxy) is 4. The lowest BCUT2D eigenvalue weighted by Gasteiger charge is -2.59. The average Bonchev–Trinajstić information content (AvgIpc) is 1.45. The van der Waals surface area contributed by atoms with Crippen LogP contribution >= 0.6 is 69.6 Å². The molecule has 2 aliphatic heterocycles. The van der Waals surface area contributed by atoms with Crippen LogP contribution in [0.1, 0.15) is 341 Å². The van der Waals surface area contributed by atoms with Crippen molar-refractivity contribution in [2.24, 2.45) is 123 Å². The summed E-state index contributed by atoms with van der Waals surface area (Å²) in [5.74, 6) is 3.24. The standard InChI is InChI=1S/C17H25ClN2O2.C17H26N2O2.2C16H20ClN3O.C16H18ClN3O.C16H21ClN2O2.C15H21ClN2O.CH4/c1-15(2)12-6-5-11-13(19-20(4)14(11)18)16(12,3)7-8-17(15)21-9-10-22-17;1-15(2)13-6-5-12-11-19(4)18-14(12)16(13,3)7-8-17(15)20-9-10-21-17;1-15(2)11-6-5-10-12(19-20(4)14(10)17)16(11,3)7-9-8-18-21-13(9)15;2*1-15(2)11-7-6-9-12(19-20(5)14(9)17)16(11,3)8-10(18-4)13(15)21;1-15(2)11-6-5-10-12(18-19(4)14(10)17)16(11,3)7-9(8-20)13(15)21;1-14(2)10-6-5-9-12(17-18(4)13(9)16)15(10,3)8-7-11(14)19;/h12H,5-10H2,1-4H3;11,13H,5-10H2,1-4H3;8,11H,5-7H2,1-4H3;10-11H,6-8H2,1-3,5H3;8,11H,6-7H2,1-3,5H3;8,11,20H,5-7H2,1-4H3;10H,5-8H2,1-4H3;1H4/b;;;;;9-8-;;/t12-,16-;13-,16-;11-,16-;10?,11-,16-;2*11-,16-;10-,15-;/m0000000./s1/i;;;;;;;1T. The fourth-order valence-electron chi connectivity index (χ4n) is 33.3. The number of rotatable bonds is 0. The quantitative estimate of drug-likeness (QED) is 0.0838. The van der Waals surface area contributed by atoms with E-state index in [0.717, 1.165) is 202 Å². The topological polar surface area (TPSA) is 285 Å². The normalized spacial score (nSPS) is 32.9. The number of ketones is 4. The van der Waals surface area contributed by atoms with Gasteiger partial charge in [-0.25, -0.2) is 11.4 Å². The van der Waals surface area contributed by atoms with Crippen LogP contribution in [0.5, 0.6) is 0 Å². The second-order valence-electron chi connectivity index (χ2n) is 51.1. The first kappa shape index (κ1) is 109. The van der Waals surface area contributed by atoms with E-state index in [2.05, 4.69) is 145 Å². The van der Waals surface area contributed by atoms with Gasteiger partial charge in [-0.3, -0.25) is 47.2 Å². The van der Waals surface area contributed by atoms with E-state index in [-0.39, 0.29) is 101 Å². The molecule has 24 rings (SSSR count). The van der Waals surface area contributed by atoms with Crippen molar-refractivity contribution in [1.29, 1.82) is 0 Å². The molecule has 1 unspecified atom stereocenters. The molecule has 7 fully saturated rings. The number of carbonyl (C=O) groups is 4. The third-order valence-electron chi connectivity index (χ3n) is 40.8. The van der Waals surface area contributed by atoms with Gasteiger partial charge in [-0.2, -0.15) is 35.7 Å². The number of nitrogens with zero attached hydrogens (tertiary/aromatic N) is 17. The number of aromatic nitrogens is 15. The summed E-state index contributed by atoms with van der Waals surface area (Å²) in [7, 11) is 14.6. The summed E-state index contributed by atoms with van der Waals surface area (Å²) in [5, 5.41) is 50.8. The maximum atomic E-state index is 12.6. The highest BCUT2D eigenvalue weighted by Crippen LogP contribution is 2.68. The second kappa shape index (κ2) is 37.6. The van der Waals surface area contributed by atoms with Gasteiger partial charge in [0.1, 0.15) is 42.5 Å². The molecular weight excluding hydrogens is 1980 g/mol. The number of Topliss-reactive ketones (excluding diaryl/α,β-unsaturated/α-hetero) is 4. The summed E-state index contributed by atoms with van der Waals surface area (Å²) < 4.78 is 48.4. The predicted octanol–water partition coefficient (Wildman–Crippen LogP) is 23.4. The Balaban J connectivity index is 0.000000117. The molecule has 8 aromatic rings. The van der Waals surface area contributed by atoms with Crippen LogP contribution in [-0.2, 0) is 182 Å². The highest BCUT2D eigenvalue weighted by molar-refractivity contribution is 6.32. The van der Waals surface area contributed by atoms with Crippen LogP contribution in [-0.4, -0.2) is 146 Å². The molecule has 0 bridgehead atoms. The van der Waals surface area contributed by atoms with Crippen molar-refractivity contribution in [3.05, 3.63) is 180 Å². The molecular formula is C114H155Cl6N17O10. The van der Waals surface area contributed by atoms with Crippen LogP contribution < -0.4 is 0 Å². The Morgan fingerprint density at radius 1 is 0.401 bits per heavy atom. The van der Waals surface area contributed by atoms with Crippen LogP contribution in [0.3, 0.4) is 0 Å². The van der Waals surface area contributed by atoms with E-state index in [0.29, 0.717) is 83.0 Å². The maximum absolute atomic E-state index is 12.6. The molecule has 1 N–H and O–H groups in total. The molecule has 147 heavy (non-hydrogen) atoms. The number of aryl methyl sites for hydroxylation is 8. The van der Waals surface area contributed by atoms with Gasteiger partial charge < -0.3 is 38.2 Å². The Bertz CT molecular complexity index is 6760. The van der Waals surface area contributed by atoms with Gasteiger partial charge in [-0.1, -0.05) is 234 Å². The number of hydrogen-bond acceptors (Lipinski definition) is 18. The van der Waals surface area contributed by atoms with Gasteiger partial charge in [-0.15, -0.1) is 0 Å². The second-order valence-corrected chi connectivity index (χ2v) is 53.3. The Hall–Kier alpha value is -7.80. The molecule has 2 spiro atoms. The number of halogens is 6. The number of allylic oxidation sites excluding steroid dienone is 3. The summed E-state index contributed by atoms with van der Waals surface area (Å²) in [4.78, 5) is 57.0. The largest absolute Gasteiger partial charge is 0.515 e. The smallest absolute Gasteiger partial charge is 0.282 e. The summed E-state index contributed by atoms with van der Waals surface area (Å²) in [6.45, 7) is 63.3. The van der Waals surface area contributed by atoms with Crippen molar-refractivity contribution in [2.75, 3.05) is 26.4 Å². The Kier molecular flexibility index (Phi) is 27.8. The van der Waals surface area contributed by atoms with Crippen LogP contribution in [0.4, 0.5) is 0 Å². The number of hydrogen-bond donors (Lipinski definition) is 1. The molecule has 2 saturated heterocycles. The third kappa shape index (κ3) is 16.4. The molecule has 5 saturated carbocycles. The van der Waals surface area contributed by atoms with Crippen molar-refractivity contribution in [2.45, 2.75) is 361 Å². The fourth-order valence-corrected chi connectivity index (χ4v) is 34.6. The Labute approximate surface area is 900 Å². The fraction of sp³-hybridized carbons (Fsp3) is 0.702. The summed E-state index contributed by atoms with van der Waals surface area (Å²) in [6.07, 6.45) is 28.3. The first-order valence-corrected chi connectivity index (χ1v) is 55.1. The minimum absolute atomic E-state index is 0.000532. The van der Waals surface area contributed by atoms with Gasteiger partial charge in [0.15, 0.2) is 23.1 Å². The molecule has 10 heterocycles. The Morgan fingerprint density at radius 3 is 1.18 bits per heavy atom. The molecule has 0 amide bonds. The zero-order valence-corrected chi connectivity index (χ0v) is 96.5. The third-order valence-corrected chi connectivity index (χ3v) is 43.6. The van der Waals surface area contributed by atoms with E-state index in [1.165, 1.54) is 58.7 Å². The minimum atomic E-state index is -0.562. The highest BCUT2D eigenvalue weighted by atomic mass is 35.5. The van der Waals surface area contributed by atoms with Crippen molar-refractivity contribution < 1.29 is 49.1 Å². The van der Waals surface area contributed by atoms with E-state index in [1.54, 1.807) is 18.7 Å². The van der Waals surface area contributed by atoms with Crippen LogP contribution in [0.25, 0.3) is 9.69 Å². The monoisotopic (exact) mass is 2130 g/mol. The van der Waals surface area contributed by atoms with Crippen molar-refractivity contribution in [1.82, 2.24) is 73.6 Å². The molecule has 15 atom stereocenters.